The van der Waals surface area contributed by atoms with Gasteiger partial charge in [0.1, 0.15) is 0 Å². The van der Waals surface area contributed by atoms with E-state index < -0.39 is 0 Å². The van der Waals surface area contributed by atoms with Crippen molar-refractivity contribution in [3.63, 3.8) is 0 Å². The zero-order valence-corrected chi connectivity index (χ0v) is 13.8. The number of aromatic nitrogens is 1. The van der Waals surface area contributed by atoms with Crippen molar-refractivity contribution in [3.8, 4) is 0 Å². The third kappa shape index (κ3) is 3.63. The highest BCUT2D eigenvalue weighted by Gasteiger charge is 2.20. The van der Waals surface area contributed by atoms with Crippen molar-refractivity contribution in [1.29, 1.82) is 0 Å². The molecule has 4 heteroatoms. The molecule has 21 heavy (non-hydrogen) atoms. The smallest absolute Gasteiger partial charge is 0.0798 e. The van der Waals surface area contributed by atoms with Crippen molar-refractivity contribution < 1.29 is 0 Å². The summed E-state index contributed by atoms with van der Waals surface area (Å²) in [7, 11) is 2.15. The van der Waals surface area contributed by atoms with Crippen LogP contribution in [0.1, 0.15) is 34.5 Å². The normalized spacial score (nSPS) is 14.4. The molecule has 3 rings (SSSR count). The maximum Gasteiger partial charge on any atom is 0.0798 e. The molecule has 2 aromatic rings. The number of hydrogen-bond acceptors (Lipinski definition) is 4. The van der Waals surface area contributed by atoms with Crippen molar-refractivity contribution in [1.82, 2.24) is 10.3 Å². The molecule has 0 radical (unpaired) electrons. The Balaban J connectivity index is 1.66. The predicted molar refractivity (Wildman–Crippen MR) is 90.0 cm³/mol. The van der Waals surface area contributed by atoms with Gasteiger partial charge in [0.2, 0.25) is 0 Å². The lowest BCUT2D eigenvalue weighted by Gasteiger charge is -2.20. The number of nitrogens with one attached hydrogen (secondary N) is 1. The van der Waals surface area contributed by atoms with E-state index in [0.717, 1.165) is 24.8 Å². The molecule has 1 saturated carbocycles. The summed E-state index contributed by atoms with van der Waals surface area (Å²) in [6, 6.07) is 7.55. The summed E-state index contributed by atoms with van der Waals surface area (Å²) in [6.45, 7) is 6.21. The number of aryl methyl sites for hydroxylation is 2. The monoisotopic (exact) mass is 301 g/mol. The molecule has 1 aliphatic rings. The fraction of sp³-hybridized carbons (Fsp3) is 0.471. The number of anilines is 1. The Hall–Kier alpha value is -1.39. The second-order valence-electron chi connectivity index (χ2n) is 5.98. The average Bonchev–Trinajstić information content (AvgIpc) is 3.21. The number of nitrogens with zero attached hydrogens (tertiary/aromatic N) is 2. The van der Waals surface area contributed by atoms with Gasteiger partial charge in [-0.1, -0.05) is 6.07 Å². The lowest BCUT2D eigenvalue weighted by molar-refractivity contribution is 0.685. The third-order valence-electron chi connectivity index (χ3n) is 4.15. The van der Waals surface area contributed by atoms with Gasteiger partial charge in [0.25, 0.3) is 0 Å². The quantitative estimate of drug-likeness (QED) is 0.883. The molecule has 0 bridgehead atoms. The zero-order valence-electron chi connectivity index (χ0n) is 13.0. The summed E-state index contributed by atoms with van der Waals surface area (Å²) in [6.07, 6.45) is 2.68. The molecule has 3 nitrogen and oxygen atoms in total. The summed E-state index contributed by atoms with van der Waals surface area (Å²) in [4.78, 5) is 7.96. The Labute approximate surface area is 131 Å². The molecular formula is C17H23N3S. The Morgan fingerprint density at radius 3 is 2.76 bits per heavy atom. The van der Waals surface area contributed by atoms with E-state index in [0.29, 0.717) is 0 Å². The molecule has 0 unspecified atom stereocenters. The van der Waals surface area contributed by atoms with Gasteiger partial charge < -0.3 is 10.2 Å². The van der Waals surface area contributed by atoms with E-state index in [-0.39, 0.29) is 0 Å². The first-order valence-electron chi connectivity index (χ1n) is 7.56. The largest absolute Gasteiger partial charge is 0.369 e. The SMILES string of the molecule is Cc1cc(N(C)Cc2scnc2C)ccc1CNC1CC1. The van der Waals surface area contributed by atoms with Gasteiger partial charge >= 0.3 is 0 Å². The number of benzene rings is 1. The molecule has 1 N–H and O–H groups in total. The van der Waals surface area contributed by atoms with Gasteiger partial charge in [-0.3, -0.25) is 0 Å². The van der Waals surface area contributed by atoms with Gasteiger partial charge in [-0.25, -0.2) is 4.98 Å². The fourth-order valence-electron chi connectivity index (χ4n) is 2.44. The molecule has 1 heterocycles. The first-order chi connectivity index (χ1) is 10.1. The van der Waals surface area contributed by atoms with E-state index in [2.05, 4.69) is 54.3 Å². The highest BCUT2D eigenvalue weighted by atomic mass is 32.1. The summed E-state index contributed by atoms with van der Waals surface area (Å²) in [5, 5.41) is 3.59. The minimum absolute atomic E-state index is 0.765. The summed E-state index contributed by atoms with van der Waals surface area (Å²) in [5.41, 5.74) is 7.13. The third-order valence-corrected chi connectivity index (χ3v) is 5.07. The van der Waals surface area contributed by atoms with E-state index in [4.69, 9.17) is 0 Å². The van der Waals surface area contributed by atoms with E-state index >= 15 is 0 Å². The molecule has 0 spiro atoms. The van der Waals surface area contributed by atoms with Gasteiger partial charge in [0.15, 0.2) is 0 Å². The lowest BCUT2D eigenvalue weighted by Crippen LogP contribution is -2.18. The molecule has 1 aromatic carbocycles. The zero-order chi connectivity index (χ0) is 14.8. The topological polar surface area (TPSA) is 28.2 Å². The van der Waals surface area contributed by atoms with Crippen LogP contribution < -0.4 is 10.2 Å². The molecule has 0 aliphatic heterocycles. The molecule has 0 atom stereocenters. The molecule has 0 amide bonds. The lowest BCUT2D eigenvalue weighted by atomic mass is 10.1. The number of thiazole rings is 1. The molecular weight excluding hydrogens is 278 g/mol. The van der Waals surface area contributed by atoms with Crippen LogP contribution in [0.3, 0.4) is 0 Å². The molecule has 0 saturated heterocycles. The van der Waals surface area contributed by atoms with Gasteiger partial charge in [-0.15, -0.1) is 11.3 Å². The first-order valence-corrected chi connectivity index (χ1v) is 8.44. The van der Waals surface area contributed by atoms with Crippen molar-refractivity contribution in [2.75, 3.05) is 11.9 Å². The Morgan fingerprint density at radius 2 is 2.14 bits per heavy atom. The highest BCUT2D eigenvalue weighted by molar-refractivity contribution is 7.09. The Bertz CT molecular complexity index is 616. The molecule has 1 fully saturated rings. The predicted octanol–water partition coefficient (Wildman–Crippen LogP) is 3.65. The van der Waals surface area contributed by atoms with Crippen molar-refractivity contribution >= 4 is 17.0 Å². The van der Waals surface area contributed by atoms with Gasteiger partial charge in [-0.05, 0) is 49.9 Å². The highest BCUT2D eigenvalue weighted by Crippen LogP contribution is 2.24. The van der Waals surface area contributed by atoms with Crippen LogP contribution in [0.15, 0.2) is 23.7 Å². The van der Waals surface area contributed by atoms with E-state index in [1.165, 1.54) is 34.5 Å². The van der Waals surface area contributed by atoms with Crippen LogP contribution in [0.25, 0.3) is 0 Å². The van der Waals surface area contributed by atoms with Crippen LogP contribution in [-0.4, -0.2) is 18.1 Å². The number of rotatable bonds is 6. The van der Waals surface area contributed by atoms with E-state index in [1.54, 1.807) is 11.3 Å². The standard InChI is InChI=1S/C17H23N3S/c1-12-8-16(7-4-14(12)9-18-15-5-6-15)20(3)10-17-13(2)19-11-21-17/h4,7-8,11,15,18H,5-6,9-10H2,1-3H3. The minimum Gasteiger partial charge on any atom is -0.369 e. The molecule has 1 aliphatic carbocycles. The maximum atomic E-state index is 4.33. The van der Waals surface area contributed by atoms with E-state index in [1.807, 2.05) is 5.51 Å². The van der Waals surface area contributed by atoms with Crippen LogP contribution >= 0.6 is 11.3 Å². The van der Waals surface area contributed by atoms with Crippen LogP contribution in [0.2, 0.25) is 0 Å². The average molecular weight is 301 g/mol. The minimum atomic E-state index is 0.765. The second kappa shape index (κ2) is 6.16. The van der Waals surface area contributed by atoms with Crippen LogP contribution in [0, 0.1) is 13.8 Å². The summed E-state index contributed by atoms with van der Waals surface area (Å²) >= 11 is 1.74. The van der Waals surface area contributed by atoms with E-state index in [9.17, 15) is 0 Å². The molecule has 112 valence electrons. The van der Waals surface area contributed by atoms with Crippen LogP contribution in [0.4, 0.5) is 5.69 Å². The molecule has 1 aromatic heterocycles. The van der Waals surface area contributed by atoms with Crippen LogP contribution in [-0.2, 0) is 13.1 Å². The maximum absolute atomic E-state index is 4.33. The fourth-order valence-corrected chi connectivity index (χ4v) is 3.27. The Kier molecular flexibility index (Phi) is 4.27. The Morgan fingerprint density at radius 1 is 1.33 bits per heavy atom. The van der Waals surface area contributed by atoms with Crippen LogP contribution in [0.5, 0.6) is 0 Å². The number of hydrogen-bond donors (Lipinski definition) is 1. The van der Waals surface area contributed by atoms with Gasteiger partial charge in [0.05, 0.1) is 17.7 Å². The first kappa shape index (κ1) is 14.5. The summed E-state index contributed by atoms with van der Waals surface area (Å²) < 4.78 is 0. The second-order valence-corrected chi connectivity index (χ2v) is 6.92. The van der Waals surface area contributed by atoms with Crippen molar-refractivity contribution in [2.45, 2.75) is 45.8 Å². The van der Waals surface area contributed by atoms with Crippen molar-refractivity contribution in [2.24, 2.45) is 0 Å². The summed E-state index contributed by atoms with van der Waals surface area (Å²) in [5.74, 6) is 0. The van der Waals surface area contributed by atoms with Gasteiger partial charge in [0, 0.05) is 30.2 Å². The van der Waals surface area contributed by atoms with Crippen molar-refractivity contribution in [3.05, 3.63) is 45.4 Å². The van der Waals surface area contributed by atoms with Gasteiger partial charge in [-0.2, -0.15) is 0 Å².